The smallest absolute Gasteiger partial charge is 0.192 e. The molecule has 0 aliphatic carbocycles. The molecule has 3 nitrogen and oxygen atoms in total. The number of aryl methyl sites for hydroxylation is 1. The van der Waals surface area contributed by atoms with Gasteiger partial charge in [-0.2, -0.15) is 0 Å². The Morgan fingerprint density at radius 1 is 1.37 bits per heavy atom. The first kappa shape index (κ1) is 12.7. The zero-order valence-electron chi connectivity index (χ0n) is 10.9. The van der Waals surface area contributed by atoms with Crippen LogP contribution in [0.4, 0.5) is 0 Å². The van der Waals surface area contributed by atoms with Gasteiger partial charge < -0.3 is 10.6 Å². The maximum absolute atomic E-state index is 6.05. The summed E-state index contributed by atoms with van der Waals surface area (Å²) in [7, 11) is 0. The molecule has 2 N–H and O–H groups in total. The number of rotatable bonds is 4. The van der Waals surface area contributed by atoms with Crippen LogP contribution in [0.1, 0.15) is 27.6 Å². The lowest BCUT2D eigenvalue weighted by Gasteiger charge is -2.24. The van der Waals surface area contributed by atoms with Gasteiger partial charge in [0, 0.05) is 14.6 Å². The molecule has 100 valence electrons. The summed E-state index contributed by atoms with van der Waals surface area (Å²) in [4.78, 5) is 10.8. The lowest BCUT2D eigenvalue weighted by molar-refractivity contribution is 0.347. The number of hydrogen-bond donors (Lipinski definition) is 1. The normalized spacial score (nSPS) is 18.9. The van der Waals surface area contributed by atoms with Crippen LogP contribution in [-0.4, -0.2) is 17.4 Å². The summed E-state index contributed by atoms with van der Waals surface area (Å²) in [5.74, 6) is 0.671. The van der Waals surface area contributed by atoms with Crippen molar-refractivity contribution in [3.05, 3.63) is 44.3 Å². The van der Waals surface area contributed by atoms with Crippen molar-refractivity contribution in [3.63, 3.8) is 0 Å². The highest BCUT2D eigenvalue weighted by Crippen LogP contribution is 2.32. The summed E-state index contributed by atoms with van der Waals surface area (Å²) in [6.45, 7) is 3.83. The Kier molecular flexibility index (Phi) is 3.57. The van der Waals surface area contributed by atoms with Gasteiger partial charge in [-0.05, 0) is 30.0 Å². The zero-order valence-corrected chi connectivity index (χ0v) is 12.5. The Balaban J connectivity index is 1.81. The maximum atomic E-state index is 6.05. The van der Waals surface area contributed by atoms with Crippen molar-refractivity contribution in [3.8, 4) is 0 Å². The molecule has 0 aromatic carbocycles. The van der Waals surface area contributed by atoms with Crippen LogP contribution in [0, 0.1) is 0 Å². The van der Waals surface area contributed by atoms with Crippen molar-refractivity contribution in [2.24, 2.45) is 10.7 Å². The second-order valence-electron chi connectivity index (χ2n) is 4.58. The molecule has 1 aliphatic heterocycles. The molecule has 0 spiro atoms. The quantitative estimate of drug-likeness (QED) is 0.939. The van der Waals surface area contributed by atoms with E-state index in [1.54, 1.807) is 11.3 Å². The molecular formula is C14H17N3S2. The first-order valence-electron chi connectivity index (χ1n) is 6.45. The molecule has 19 heavy (non-hydrogen) atoms. The van der Waals surface area contributed by atoms with E-state index in [2.05, 4.69) is 46.5 Å². The lowest BCUT2D eigenvalue weighted by atomic mass is 10.2. The van der Waals surface area contributed by atoms with E-state index in [-0.39, 0.29) is 0 Å². The molecule has 0 amide bonds. The Bertz CT molecular complexity index is 571. The van der Waals surface area contributed by atoms with Crippen LogP contribution < -0.4 is 5.73 Å². The van der Waals surface area contributed by atoms with E-state index in [1.165, 1.54) is 14.6 Å². The molecule has 0 radical (unpaired) electrons. The summed E-state index contributed by atoms with van der Waals surface area (Å²) < 4.78 is 0. The number of nitrogens with zero attached hydrogens (tertiary/aromatic N) is 2. The van der Waals surface area contributed by atoms with E-state index in [4.69, 9.17) is 5.73 Å². The average molecular weight is 291 g/mol. The van der Waals surface area contributed by atoms with Crippen molar-refractivity contribution < 1.29 is 0 Å². The summed E-state index contributed by atoms with van der Waals surface area (Å²) in [5, 5.41) is 2.11. The highest BCUT2D eigenvalue weighted by atomic mass is 32.1. The minimum absolute atomic E-state index is 0.312. The average Bonchev–Trinajstić information content (AvgIpc) is 3.12. The minimum atomic E-state index is 0.312. The topological polar surface area (TPSA) is 41.6 Å². The number of guanidine groups is 1. The molecule has 5 heteroatoms. The minimum Gasteiger partial charge on any atom is -0.370 e. The number of aliphatic imine (C=N–C) groups is 1. The van der Waals surface area contributed by atoms with E-state index in [1.807, 2.05) is 11.3 Å². The molecule has 1 atom stereocenters. The van der Waals surface area contributed by atoms with Crippen LogP contribution in [0.5, 0.6) is 0 Å². The van der Waals surface area contributed by atoms with Crippen LogP contribution in [0.15, 0.2) is 34.6 Å². The molecule has 3 heterocycles. The van der Waals surface area contributed by atoms with Gasteiger partial charge >= 0.3 is 0 Å². The molecular weight excluding hydrogens is 274 g/mol. The van der Waals surface area contributed by atoms with Crippen molar-refractivity contribution in [1.82, 2.24) is 4.90 Å². The largest absolute Gasteiger partial charge is 0.370 e. The summed E-state index contributed by atoms with van der Waals surface area (Å²) in [6.07, 6.45) is 1.10. The number of nitrogens with two attached hydrogens (primary N) is 1. The van der Waals surface area contributed by atoms with Gasteiger partial charge in [0.15, 0.2) is 5.96 Å². The molecule has 2 aromatic rings. The monoisotopic (exact) mass is 291 g/mol. The fraction of sp³-hybridized carbons (Fsp3) is 0.357. The molecule has 1 unspecified atom stereocenters. The maximum Gasteiger partial charge on any atom is 0.192 e. The Labute approximate surface area is 121 Å². The van der Waals surface area contributed by atoms with Gasteiger partial charge in [-0.1, -0.05) is 13.0 Å². The van der Waals surface area contributed by atoms with E-state index in [0.717, 1.165) is 19.5 Å². The SMILES string of the molecule is CCc1ccc(C2CN=C(N)N2Cc2cccs2)s1. The summed E-state index contributed by atoms with van der Waals surface area (Å²) >= 11 is 3.65. The Hall–Kier alpha value is -1.33. The van der Waals surface area contributed by atoms with Gasteiger partial charge in [-0.25, -0.2) is 0 Å². The van der Waals surface area contributed by atoms with E-state index in [0.29, 0.717) is 12.0 Å². The predicted molar refractivity (Wildman–Crippen MR) is 82.8 cm³/mol. The van der Waals surface area contributed by atoms with Gasteiger partial charge in [-0.15, -0.1) is 22.7 Å². The van der Waals surface area contributed by atoms with Crippen molar-refractivity contribution in [2.45, 2.75) is 25.9 Å². The van der Waals surface area contributed by atoms with Crippen LogP contribution in [0.25, 0.3) is 0 Å². The van der Waals surface area contributed by atoms with Gasteiger partial charge in [-0.3, -0.25) is 4.99 Å². The van der Waals surface area contributed by atoms with Crippen molar-refractivity contribution in [2.75, 3.05) is 6.54 Å². The lowest BCUT2D eigenvalue weighted by Crippen LogP contribution is -2.35. The van der Waals surface area contributed by atoms with Gasteiger partial charge in [0.05, 0.1) is 19.1 Å². The molecule has 0 bridgehead atoms. The highest BCUT2D eigenvalue weighted by Gasteiger charge is 2.28. The molecule has 0 fully saturated rings. The fourth-order valence-electron chi connectivity index (χ4n) is 2.30. The second kappa shape index (κ2) is 5.35. The third-order valence-electron chi connectivity index (χ3n) is 3.36. The van der Waals surface area contributed by atoms with Gasteiger partial charge in [0.2, 0.25) is 0 Å². The second-order valence-corrected chi connectivity index (χ2v) is 6.81. The van der Waals surface area contributed by atoms with Crippen LogP contribution in [0.3, 0.4) is 0 Å². The Morgan fingerprint density at radius 2 is 2.26 bits per heavy atom. The first-order valence-corrected chi connectivity index (χ1v) is 8.15. The number of hydrogen-bond acceptors (Lipinski definition) is 5. The highest BCUT2D eigenvalue weighted by molar-refractivity contribution is 7.12. The zero-order chi connectivity index (χ0) is 13.2. The first-order chi connectivity index (χ1) is 9.28. The molecule has 3 rings (SSSR count). The third-order valence-corrected chi connectivity index (χ3v) is 5.55. The van der Waals surface area contributed by atoms with Crippen LogP contribution >= 0.6 is 22.7 Å². The van der Waals surface area contributed by atoms with Crippen LogP contribution in [-0.2, 0) is 13.0 Å². The summed E-state index contributed by atoms with van der Waals surface area (Å²) in [6, 6.07) is 8.99. The fourth-order valence-corrected chi connectivity index (χ4v) is 4.06. The molecule has 2 aromatic heterocycles. The van der Waals surface area contributed by atoms with Gasteiger partial charge in [0.1, 0.15) is 0 Å². The van der Waals surface area contributed by atoms with E-state index < -0.39 is 0 Å². The van der Waals surface area contributed by atoms with E-state index in [9.17, 15) is 0 Å². The molecule has 1 aliphatic rings. The standard InChI is InChI=1S/C14H17N3S2/c1-2-10-5-6-13(19-10)12-8-16-14(15)17(12)9-11-4-3-7-18-11/h3-7,12H,2,8-9H2,1H3,(H2,15,16). The summed E-state index contributed by atoms with van der Waals surface area (Å²) in [5.41, 5.74) is 6.05. The van der Waals surface area contributed by atoms with Crippen LogP contribution in [0.2, 0.25) is 0 Å². The van der Waals surface area contributed by atoms with Gasteiger partial charge in [0.25, 0.3) is 0 Å². The third kappa shape index (κ3) is 2.53. The Morgan fingerprint density at radius 3 is 2.95 bits per heavy atom. The van der Waals surface area contributed by atoms with Crippen molar-refractivity contribution >= 4 is 28.6 Å². The number of thiophene rings is 2. The van der Waals surface area contributed by atoms with Crippen molar-refractivity contribution in [1.29, 1.82) is 0 Å². The van der Waals surface area contributed by atoms with E-state index >= 15 is 0 Å². The molecule has 0 saturated heterocycles. The molecule has 0 saturated carbocycles. The predicted octanol–water partition coefficient (Wildman–Crippen LogP) is 3.24.